The van der Waals surface area contributed by atoms with Crippen molar-refractivity contribution in [2.45, 2.75) is 19.8 Å². The Morgan fingerprint density at radius 2 is 2.04 bits per heavy atom. The highest BCUT2D eigenvalue weighted by atomic mass is 19.1. The number of amides is 1. The summed E-state index contributed by atoms with van der Waals surface area (Å²) >= 11 is 0. The van der Waals surface area contributed by atoms with Crippen LogP contribution in [0.5, 0.6) is 5.75 Å². The van der Waals surface area contributed by atoms with Crippen molar-refractivity contribution in [1.82, 2.24) is 5.43 Å². The molecule has 0 aliphatic heterocycles. The molecule has 0 aromatic heterocycles. The van der Waals surface area contributed by atoms with Crippen LogP contribution in [-0.2, 0) is 4.79 Å². The number of ether oxygens (including phenoxy) is 1. The predicted octanol–water partition coefficient (Wildman–Crippen LogP) is 3.48. The van der Waals surface area contributed by atoms with Gasteiger partial charge in [-0.1, -0.05) is 44.2 Å². The van der Waals surface area contributed by atoms with E-state index in [9.17, 15) is 9.18 Å². The van der Waals surface area contributed by atoms with Gasteiger partial charge in [-0.15, -0.1) is 0 Å². The Hall–Kier alpha value is -2.69. The molecule has 0 atom stereocenters. The summed E-state index contributed by atoms with van der Waals surface area (Å²) in [5.74, 6) is 0.210. The number of hydrogen-bond donors (Lipinski definition) is 1. The smallest absolute Gasteiger partial charge is 0.277 e. The van der Waals surface area contributed by atoms with Crippen LogP contribution in [0.1, 0.15) is 30.9 Å². The fourth-order valence-electron chi connectivity index (χ4n) is 1.90. The van der Waals surface area contributed by atoms with Crippen LogP contribution in [0, 0.1) is 5.82 Å². The number of hydrazone groups is 1. The van der Waals surface area contributed by atoms with Gasteiger partial charge >= 0.3 is 0 Å². The molecule has 0 unspecified atom stereocenters. The molecule has 0 saturated carbocycles. The van der Waals surface area contributed by atoms with Gasteiger partial charge < -0.3 is 4.74 Å². The number of nitrogens with one attached hydrogen (secondary N) is 1. The molecule has 2 aromatic carbocycles. The first-order valence-corrected chi connectivity index (χ1v) is 7.35. The maximum Gasteiger partial charge on any atom is 0.277 e. The molecule has 0 aliphatic carbocycles. The molecule has 4 nitrogen and oxygen atoms in total. The lowest BCUT2D eigenvalue weighted by molar-refractivity contribution is -0.123. The fourth-order valence-corrected chi connectivity index (χ4v) is 1.90. The van der Waals surface area contributed by atoms with Crippen molar-refractivity contribution in [3.8, 4) is 5.75 Å². The molecular weight excluding hydrogens is 295 g/mol. The van der Waals surface area contributed by atoms with Crippen LogP contribution >= 0.6 is 0 Å². The van der Waals surface area contributed by atoms with Gasteiger partial charge in [0.1, 0.15) is 11.6 Å². The number of carbonyl (C=O) groups excluding carboxylic acids is 1. The molecule has 120 valence electrons. The topological polar surface area (TPSA) is 50.7 Å². The second-order valence-electron chi connectivity index (χ2n) is 5.33. The summed E-state index contributed by atoms with van der Waals surface area (Å²) < 4.78 is 18.8. The average Bonchev–Trinajstić information content (AvgIpc) is 2.55. The number of carbonyl (C=O) groups is 1. The summed E-state index contributed by atoms with van der Waals surface area (Å²) in [4.78, 5) is 11.7. The third-order valence-corrected chi connectivity index (χ3v) is 3.19. The van der Waals surface area contributed by atoms with Gasteiger partial charge in [0.05, 0.1) is 6.21 Å². The lowest BCUT2D eigenvalue weighted by atomic mass is 10.0. The number of rotatable bonds is 6. The van der Waals surface area contributed by atoms with Gasteiger partial charge in [0, 0.05) is 5.56 Å². The second kappa shape index (κ2) is 8.08. The number of nitrogens with zero attached hydrogens (tertiary/aromatic N) is 1. The molecular formula is C18H19FN2O2. The van der Waals surface area contributed by atoms with Gasteiger partial charge in [-0.05, 0) is 29.7 Å². The normalized spacial score (nSPS) is 11.0. The van der Waals surface area contributed by atoms with E-state index >= 15 is 0 Å². The summed E-state index contributed by atoms with van der Waals surface area (Å²) in [6, 6.07) is 13.8. The van der Waals surface area contributed by atoms with Crippen molar-refractivity contribution in [1.29, 1.82) is 0 Å². The standard InChI is InChI=1S/C18H19FN2O2/c1-13(2)14-7-5-8-16(10-14)23-12-18(22)21-20-11-15-6-3-4-9-17(15)19/h3-11,13H,12H2,1-2H3,(H,21,22)/b20-11+. The molecule has 1 amide bonds. The zero-order valence-corrected chi connectivity index (χ0v) is 13.1. The van der Waals surface area contributed by atoms with Crippen molar-refractivity contribution >= 4 is 12.1 Å². The summed E-state index contributed by atoms with van der Waals surface area (Å²) in [5.41, 5.74) is 3.75. The number of halogens is 1. The molecule has 5 heteroatoms. The minimum absolute atomic E-state index is 0.157. The van der Waals surface area contributed by atoms with Crippen molar-refractivity contribution in [2.24, 2.45) is 5.10 Å². The Bertz CT molecular complexity index is 699. The number of benzene rings is 2. The Morgan fingerprint density at radius 3 is 2.78 bits per heavy atom. The van der Waals surface area contributed by atoms with E-state index in [1.807, 2.05) is 18.2 Å². The molecule has 0 radical (unpaired) electrons. The van der Waals surface area contributed by atoms with Crippen LogP contribution in [0.3, 0.4) is 0 Å². The second-order valence-corrected chi connectivity index (χ2v) is 5.33. The molecule has 0 fully saturated rings. The lowest BCUT2D eigenvalue weighted by Gasteiger charge is -2.09. The van der Waals surface area contributed by atoms with Gasteiger partial charge in [-0.25, -0.2) is 9.82 Å². The zero-order valence-electron chi connectivity index (χ0n) is 13.1. The predicted molar refractivity (Wildman–Crippen MR) is 88.2 cm³/mol. The van der Waals surface area contributed by atoms with Gasteiger partial charge in [0.2, 0.25) is 0 Å². The quantitative estimate of drug-likeness (QED) is 0.655. The highest BCUT2D eigenvalue weighted by Gasteiger charge is 2.04. The third kappa shape index (κ3) is 5.21. The molecule has 0 bridgehead atoms. The first-order valence-electron chi connectivity index (χ1n) is 7.35. The summed E-state index contributed by atoms with van der Waals surface area (Å²) in [6.45, 7) is 4.02. The summed E-state index contributed by atoms with van der Waals surface area (Å²) in [7, 11) is 0. The van der Waals surface area contributed by atoms with Gasteiger partial charge in [-0.3, -0.25) is 4.79 Å². The summed E-state index contributed by atoms with van der Waals surface area (Å²) in [6.07, 6.45) is 1.26. The lowest BCUT2D eigenvalue weighted by Crippen LogP contribution is -2.24. The van der Waals surface area contributed by atoms with Crippen molar-refractivity contribution in [3.05, 3.63) is 65.5 Å². The molecule has 0 saturated heterocycles. The maximum absolute atomic E-state index is 13.4. The van der Waals surface area contributed by atoms with Gasteiger partial charge in [0.15, 0.2) is 6.61 Å². The Balaban J connectivity index is 1.84. The molecule has 2 rings (SSSR count). The molecule has 0 aliphatic rings. The van der Waals surface area contributed by atoms with Gasteiger partial charge in [0.25, 0.3) is 5.91 Å². The van der Waals surface area contributed by atoms with E-state index in [-0.39, 0.29) is 6.61 Å². The first kappa shape index (κ1) is 16.7. The minimum atomic E-state index is -0.410. The minimum Gasteiger partial charge on any atom is -0.484 e. The van der Waals surface area contributed by atoms with Crippen LogP contribution in [0.25, 0.3) is 0 Å². The Morgan fingerprint density at radius 1 is 1.26 bits per heavy atom. The zero-order chi connectivity index (χ0) is 16.7. The van der Waals surface area contributed by atoms with Crippen LogP contribution in [0.4, 0.5) is 4.39 Å². The van der Waals surface area contributed by atoms with E-state index in [2.05, 4.69) is 24.4 Å². The average molecular weight is 314 g/mol. The summed E-state index contributed by atoms with van der Waals surface area (Å²) in [5, 5.41) is 3.72. The van der Waals surface area contributed by atoms with Crippen molar-refractivity contribution in [3.63, 3.8) is 0 Å². The van der Waals surface area contributed by atoms with E-state index < -0.39 is 11.7 Å². The van der Waals surface area contributed by atoms with E-state index in [1.54, 1.807) is 24.3 Å². The highest BCUT2D eigenvalue weighted by Crippen LogP contribution is 2.19. The van der Waals surface area contributed by atoms with E-state index in [4.69, 9.17) is 4.74 Å². The van der Waals surface area contributed by atoms with Gasteiger partial charge in [-0.2, -0.15) is 5.10 Å². The van der Waals surface area contributed by atoms with Crippen LogP contribution in [-0.4, -0.2) is 18.7 Å². The van der Waals surface area contributed by atoms with Crippen LogP contribution < -0.4 is 10.2 Å². The largest absolute Gasteiger partial charge is 0.484 e. The third-order valence-electron chi connectivity index (χ3n) is 3.19. The van der Waals surface area contributed by atoms with Crippen LogP contribution in [0.2, 0.25) is 0 Å². The molecule has 2 aromatic rings. The SMILES string of the molecule is CC(C)c1cccc(OCC(=O)N/N=C/c2ccccc2F)c1. The highest BCUT2D eigenvalue weighted by molar-refractivity contribution is 5.83. The monoisotopic (exact) mass is 314 g/mol. The molecule has 0 heterocycles. The van der Waals surface area contributed by atoms with Crippen molar-refractivity contribution < 1.29 is 13.9 Å². The van der Waals surface area contributed by atoms with Crippen LogP contribution in [0.15, 0.2) is 53.6 Å². The van der Waals surface area contributed by atoms with E-state index in [1.165, 1.54) is 12.3 Å². The Kier molecular flexibility index (Phi) is 5.86. The molecule has 1 N–H and O–H groups in total. The first-order chi connectivity index (χ1) is 11.1. The number of hydrogen-bond acceptors (Lipinski definition) is 3. The van der Waals surface area contributed by atoms with E-state index in [0.717, 1.165) is 5.56 Å². The fraction of sp³-hybridized carbons (Fsp3) is 0.222. The molecule has 23 heavy (non-hydrogen) atoms. The maximum atomic E-state index is 13.4. The van der Waals surface area contributed by atoms with E-state index in [0.29, 0.717) is 17.2 Å². The van der Waals surface area contributed by atoms with Crippen molar-refractivity contribution in [2.75, 3.05) is 6.61 Å². The Labute approximate surface area is 135 Å². The molecule has 0 spiro atoms.